The molecule has 8 heteroatoms. The number of carbonyl (C=O) groups excluding carboxylic acids is 1. The summed E-state index contributed by atoms with van der Waals surface area (Å²) in [6.07, 6.45) is 5.94. The van der Waals surface area contributed by atoms with E-state index in [4.69, 9.17) is 0 Å². The fraction of sp³-hybridized carbons (Fsp3) is 0.136. The zero-order chi connectivity index (χ0) is 21.6. The van der Waals surface area contributed by atoms with Gasteiger partial charge in [0.2, 0.25) is 10.0 Å². The molecule has 0 aliphatic carbocycles. The van der Waals surface area contributed by atoms with Crippen molar-refractivity contribution in [3.63, 3.8) is 0 Å². The molecule has 3 aromatic rings. The van der Waals surface area contributed by atoms with Crippen LogP contribution in [0.15, 0.2) is 78.2 Å². The summed E-state index contributed by atoms with van der Waals surface area (Å²) in [6.45, 7) is 2.16. The molecule has 1 aromatic heterocycles. The lowest BCUT2D eigenvalue weighted by Gasteiger charge is -2.23. The molecule has 0 saturated heterocycles. The molecule has 0 radical (unpaired) electrons. The van der Waals surface area contributed by atoms with Crippen LogP contribution in [-0.2, 0) is 16.6 Å². The Labute approximate surface area is 176 Å². The topological polar surface area (TPSA) is 91.7 Å². The molecule has 0 aliphatic rings. The van der Waals surface area contributed by atoms with Crippen LogP contribution < -0.4 is 9.73 Å². The van der Waals surface area contributed by atoms with Crippen LogP contribution in [0.4, 0.5) is 5.69 Å². The third-order valence-corrected chi connectivity index (χ3v) is 5.62. The summed E-state index contributed by atoms with van der Waals surface area (Å²) in [4.78, 5) is 16.2. The van der Waals surface area contributed by atoms with Crippen LogP contribution in [0.2, 0.25) is 0 Å². The third kappa shape index (κ3) is 5.51. The summed E-state index contributed by atoms with van der Waals surface area (Å²) in [7, 11) is -3.51. The van der Waals surface area contributed by atoms with Gasteiger partial charge in [-0.2, -0.15) is 5.10 Å². The maximum Gasteiger partial charge on any atom is 0.271 e. The summed E-state index contributed by atoms with van der Waals surface area (Å²) in [6, 6.07) is 17.5. The van der Waals surface area contributed by atoms with Crippen LogP contribution in [0.25, 0.3) is 0 Å². The third-order valence-electron chi connectivity index (χ3n) is 4.48. The van der Waals surface area contributed by atoms with E-state index in [-0.39, 0.29) is 6.54 Å². The number of sulfonamides is 1. The van der Waals surface area contributed by atoms with Gasteiger partial charge in [0.05, 0.1) is 24.7 Å². The van der Waals surface area contributed by atoms with Gasteiger partial charge in [-0.25, -0.2) is 13.8 Å². The molecule has 0 spiro atoms. The zero-order valence-electron chi connectivity index (χ0n) is 16.7. The Morgan fingerprint density at radius 3 is 2.37 bits per heavy atom. The van der Waals surface area contributed by atoms with Crippen molar-refractivity contribution in [1.82, 2.24) is 10.4 Å². The van der Waals surface area contributed by atoms with Gasteiger partial charge in [0.15, 0.2) is 0 Å². The highest BCUT2D eigenvalue weighted by molar-refractivity contribution is 7.92. The van der Waals surface area contributed by atoms with E-state index in [9.17, 15) is 13.2 Å². The number of aryl methyl sites for hydroxylation is 1. The van der Waals surface area contributed by atoms with Crippen LogP contribution in [0.5, 0.6) is 0 Å². The number of anilines is 1. The first-order chi connectivity index (χ1) is 14.3. The monoisotopic (exact) mass is 422 g/mol. The molecular formula is C22H22N4O3S. The Balaban J connectivity index is 1.74. The van der Waals surface area contributed by atoms with E-state index >= 15 is 0 Å². The highest BCUT2D eigenvalue weighted by atomic mass is 32.2. The van der Waals surface area contributed by atoms with Crippen molar-refractivity contribution >= 4 is 27.8 Å². The normalized spacial score (nSPS) is 11.4. The number of hydrazone groups is 1. The van der Waals surface area contributed by atoms with Crippen LogP contribution in [0, 0.1) is 6.92 Å². The van der Waals surface area contributed by atoms with Crippen LogP contribution in [-0.4, -0.2) is 31.8 Å². The molecule has 0 atom stereocenters. The summed E-state index contributed by atoms with van der Waals surface area (Å²) >= 11 is 0. The van der Waals surface area contributed by atoms with Gasteiger partial charge in [-0.05, 0) is 60.0 Å². The first-order valence-corrected chi connectivity index (χ1v) is 11.0. The number of benzene rings is 2. The molecule has 154 valence electrons. The Kier molecular flexibility index (Phi) is 6.58. The molecule has 0 unspecified atom stereocenters. The van der Waals surface area contributed by atoms with Gasteiger partial charge in [0.1, 0.15) is 0 Å². The molecule has 2 aromatic carbocycles. The minimum Gasteiger partial charge on any atom is -0.267 e. The number of nitrogens with one attached hydrogen (secondary N) is 1. The fourth-order valence-electron chi connectivity index (χ4n) is 2.80. The van der Waals surface area contributed by atoms with Gasteiger partial charge in [-0.3, -0.25) is 14.1 Å². The second-order valence-electron chi connectivity index (χ2n) is 6.72. The predicted octanol–water partition coefficient (Wildman–Crippen LogP) is 3.12. The average Bonchev–Trinajstić information content (AvgIpc) is 2.73. The van der Waals surface area contributed by atoms with E-state index < -0.39 is 15.9 Å². The molecule has 30 heavy (non-hydrogen) atoms. The molecular weight excluding hydrogens is 400 g/mol. The van der Waals surface area contributed by atoms with Gasteiger partial charge >= 0.3 is 0 Å². The van der Waals surface area contributed by atoms with E-state index in [2.05, 4.69) is 15.5 Å². The van der Waals surface area contributed by atoms with Crippen molar-refractivity contribution in [3.05, 3.63) is 95.3 Å². The number of carbonyl (C=O) groups is 1. The zero-order valence-corrected chi connectivity index (χ0v) is 17.5. The lowest BCUT2D eigenvalue weighted by atomic mass is 10.1. The summed E-state index contributed by atoms with van der Waals surface area (Å²) in [5, 5.41) is 3.92. The summed E-state index contributed by atoms with van der Waals surface area (Å²) < 4.78 is 26.0. The van der Waals surface area contributed by atoms with Gasteiger partial charge < -0.3 is 0 Å². The van der Waals surface area contributed by atoms with Gasteiger partial charge in [-0.15, -0.1) is 0 Å². The number of nitrogens with zero attached hydrogens (tertiary/aromatic N) is 3. The Hall–Kier alpha value is -3.52. The maximum atomic E-state index is 12.4. The SMILES string of the molecule is Cc1ccccc1CN(c1ccc(C(=O)N/N=C\c2ccncc2)cc1)S(C)(=O)=O. The quantitative estimate of drug-likeness (QED) is 0.468. The smallest absolute Gasteiger partial charge is 0.267 e. The van der Waals surface area contributed by atoms with Gasteiger partial charge in [0.25, 0.3) is 5.91 Å². The number of pyridine rings is 1. The van der Waals surface area contributed by atoms with E-state index in [0.29, 0.717) is 11.3 Å². The first-order valence-electron chi connectivity index (χ1n) is 9.20. The van der Waals surface area contributed by atoms with Crippen LogP contribution in [0.3, 0.4) is 0 Å². The van der Waals surface area contributed by atoms with Crippen molar-refractivity contribution in [1.29, 1.82) is 0 Å². The number of aromatic nitrogens is 1. The van der Waals surface area contributed by atoms with E-state index in [0.717, 1.165) is 16.7 Å². The van der Waals surface area contributed by atoms with Crippen molar-refractivity contribution in [3.8, 4) is 0 Å². The van der Waals surface area contributed by atoms with Crippen molar-refractivity contribution in [2.75, 3.05) is 10.6 Å². The second kappa shape index (κ2) is 9.32. The van der Waals surface area contributed by atoms with Crippen molar-refractivity contribution in [2.45, 2.75) is 13.5 Å². The van der Waals surface area contributed by atoms with Crippen molar-refractivity contribution in [2.24, 2.45) is 5.10 Å². The molecule has 1 heterocycles. The lowest BCUT2D eigenvalue weighted by Crippen LogP contribution is -2.29. The number of rotatable bonds is 7. The molecule has 1 amide bonds. The lowest BCUT2D eigenvalue weighted by molar-refractivity contribution is 0.0955. The van der Waals surface area contributed by atoms with Crippen LogP contribution >= 0.6 is 0 Å². The Bertz CT molecular complexity index is 1140. The van der Waals surface area contributed by atoms with Crippen LogP contribution in [0.1, 0.15) is 27.0 Å². The molecule has 1 N–H and O–H groups in total. The standard InChI is InChI=1S/C22H22N4O3S/c1-17-5-3-4-6-20(17)16-26(30(2,28)29)21-9-7-19(8-10-21)22(27)25-24-15-18-11-13-23-14-12-18/h3-15H,16H2,1-2H3,(H,25,27)/b24-15-. The Morgan fingerprint density at radius 2 is 1.73 bits per heavy atom. The maximum absolute atomic E-state index is 12.4. The molecule has 0 fully saturated rings. The molecule has 3 rings (SSSR count). The first kappa shape index (κ1) is 21.2. The predicted molar refractivity (Wildman–Crippen MR) is 118 cm³/mol. The van der Waals surface area contributed by atoms with Crippen molar-refractivity contribution < 1.29 is 13.2 Å². The van der Waals surface area contributed by atoms with E-state index in [1.54, 1.807) is 48.8 Å². The Morgan fingerprint density at radius 1 is 1.07 bits per heavy atom. The highest BCUT2D eigenvalue weighted by Crippen LogP contribution is 2.22. The second-order valence-corrected chi connectivity index (χ2v) is 8.63. The molecule has 0 saturated carbocycles. The van der Waals surface area contributed by atoms with E-state index in [1.807, 2.05) is 31.2 Å². The minimum absolute atomic E-state index is 0.216. The van der Waals surface area contributed by atoms with E-state index in [1.165, 1.54) is 16.8 Å². The van der Waals surface area contributed by atoms with Gasteiger partial charge in [0, 0.05) is 18.0 Å². The molecule has 0 bridgehead atoms. The summed E-state index contributed by atoms with van der Waals surface area (Å²) in [5.41, 5.74) is 6.03. The fourth-order valence-corrected chi connectivity index (χ4v) is 3.68. The average molecular weight is 423 g/mol. The largest absolute Gasteiger partial charge is 0.271 e. The number of hydrogen-bond acceptors (Lipinski definition) is 5. The number of amides is 1. The summed E-state index contributed by atoms with van der Waals surface area (Å²) in [5.74, 6) is -0.392. The highest BCUT2D eigenvalue weighted by Gasteiger charge is 2.19. The van der Waals surface area contributed by atoms with Gasteiger partial charge in [-0.1, -0.05) is 24.3 Å². The minimum atomic E-state index is -3.51. The molecule has 0 aliphatic heterocycles. The number of hydrogen-bond donors (Lipinski definition) is 1. The molecule has 7 nitrogen and oxygen atoms in total.